The molecule has 0 aliphatic rings. The number of aryl methyl sites for hydroxylation is 2. The Balaban J connectivity index is 1.68. The first-order valence-electron chi connectivity index (χ1n) is 9.51. The van der Waals surface area contributed by atoms with Crippen molar-refractivity contribution in [3.8, 4) is 5.75 Å². The molecule has 0 radical (unpaired) electrons. The molecule has 3 aromatic rings. The van der Waals surface area contributed by atoms with Crippen LogP contribution in [0.15, 0.2) is 51.7 Å². The Bertz CT molecular complexity index is 1070. The number of hydrogen-bond acceptors (Lipinski definition) is 5. The van der Waals surface area contributed by atoms with E-state index in [1.165, 1.54) is 0 Å². The number of aliphatic hydroxyl groups is 1. The minimum atomic E-state index is -0.394. The van der Waals surface area contributed by atoms with Gasteiger partial charge in [-0.25, -0.2) is 4.79 Å². The number of carbonyl (C=O) groups is 1. The first-order valence-corrected chi connectivity index (χ1v) is 9.51. The molecule has 1 aromatic heterocycles. The molecular weight excluding hydrogens is 370 g/mol. The number of ether oxygens (including phenoxy) is 1. The van der Waals surface area contributed by atoms with Crippen LogP contribution in [0.1, 0.15) is 22.3 Å². The third-order valence-corrected chi connectivity index (χ3v) is 5.09. The quantitative estimate of drug-likeness (QED) is 0.601. The molecule has 1 unspecified atom stereocenters. The van der Waals surface area contributed by atoms with Gasteiger partial charge >= 0.3 is 5.63 Å². The van der Waals surface area contributed by atoms with Crippen molar-refractivity contribution < 1.29 is 19.1 Å². The molecule has 1 amide bonds. The van der Waals surface area contributed by atoms with Crippen LogP contribution in [-0.4, -0.2) is 30.3 Å². The normalized spacial score (nSPS) is 12.0. The van der Waals surface area contributed by atoms with E-state index in [0.717, 1.165) is 16.5 Å². The number of aliphatic hydroxyl groups excluding tert-OH is 1. The fraction of sp³-hybridized carbons (Fsp3) is 0.304. The summed E-state index contributed by atoms with van der Waals surface area (Å²) in [6.07, 6.45) is 0.530. The zero-order valence-corrected chi connectivity index (χ0v) is 16.8. The Morgan fingerprint density at radius 1 is 1.07 bits per heavy atom. The number of benzene rings is 2. The van der Waals surface area contributed by atoms with Gasteiger partial charge < -0.3 is 19.6 Å². The lowest BCUT2D eigenvalue weighted by atomic mass is 10.0. The third kappa shape index (κ3) is 4.66. The van der Waals surface area contributed by atoms with Crippen molar-refractivity contribution in [1.82, 2.24) is 5.32 Å². The lowest BCUT2D eigenvalue weighted by Crippen LogP contribution is -2.41. The van der Waals surface area contributed by atoms with Crippen LogP contribution >= 0.6 is 0 Å². The number of carbonyl (C=O) groups excluding carboxylic acids is 1. The van der Waals surface area contributed by atoms with E-state index in [2.05, 4.69) is 5.32 Å². The van der Waals surface area contributed by atoms with Crippen LogP contribution in [0.3, 0.4) is 0 Å². The predicted molar refractivity (Wildman–Crippen MR) is 111 cm³/mol. The maximum Gasteiger partial charge on any atom is 0.339 e. The number of hydrogen-bond donors (Lipinski definition) is 2. The fourth-order valence-corrected chi connectivity index (χ4v) is 3.25. The van der Waals surface area contributed by atoms with Crippen molar-refractivity contribution in [2.24, 2.45) is 0 Å². The van der Waals surface area contributed by atoms with Crippen LogP contribution in [0.5, 0.6) is 5.75 Å². The topological polar surface area (TPSA) is 88.8 Å². The lowest BCUT2D eigenvalue weighted by molar-refractivity contribution is -0.124. The van der Waals surface area contributed by atoms with Gasteiger partial charge in [-0.1, -0.05) is 30.3 Å². The van der Waals surface area contributed by atoms with E-state index in [1.807, 2.05) is 43.3 Å². The Morgan fingerprint density at radius 2 is 1.79 bits per heavy atom. The molecule has 0 spiro atoms. The monoisotopic (exact) mass is 395 g/mol. The van der Waals surface area contributed by atoms with Crippen LogP contribution in [0.25, 0.3) is 11.0 Å². The van der Waals surface area contributed by atoms with Crippen molar-refractivity contribution in [2.75, 3.05) is 13.2 Å². The van der Waals surface area contributed by atoms with Gasteiger partial charge in [0.05, 0.1) is 12.6 Å². The first-order chi connectivity index (χ1) is 13.9. The summed E-state index contributed by atoms with van der Waals surface area (Å²) in [4.78, 5) is 24.3. The standard InChI is InChI=1S/C23H25NO5/c1-14-15(2)23(27)29-22-16(3)20(10-9-19(14)22)28-13-21(26)24-18(12-25)11-17-7-5-4-6-8-17/h4-10,18,25H,11-13H2,1-3H3,(H,24,26). The second-order valence-electron chi connectivity index (χ2n) is 7.13. The van der Waals surface area contributed by atoms with Gasteiger partial charge in [0.25, 0.3) is 5.91 Å². The average Bonchev–Trinajstić information content (AvgIpc) is 2.72. The summed E-state index contributed by atoms with van der Waals surface area (Å²) in [5, 5.41) is 13.2. The van der Waals surface area contributed by atoms with E-state index in [0.29, 0.717) is 28.9 Å². The summed E-state index contributed by atoms with van der Waals surface area (Å²) in [7, 11) is 0. The molecule has 0 aliphatic heterocycles. The maximum atomic E-state index is 12.3. The van der Waals surface area contributed by atoms with E-state index in [-0.39, 0.29) is 24.7 Å². The van der Waals surface area contributed by atoms with E-state index in [4.69, 9.17) is 9.15 Å². The molecular formula is C23H25NO5. The molecule has 0 saturated carbocycles. The van der Waals surface area contributed by atoms with Gasteiger partial charge in [-0.05, 0) is 50.5 Å². The summed E-state index contributed by atoms with van der Waals surface area (Å²) in [5.74, 6) is 0.142. The SMILES string of the molecule is Cc1c(C)c2ccc(OCC(=O)NC(CO)Cc3ccccc3)c(C)c2oc1=O. The Morgan fingerprint density at radius 3 is 2.48 bits per heavy atom. The molecule has 6 nitrogen and oxygen atoms in total. The highest BCUT2D eigenvalue weighted by molar-refractivity contribution is 5.85. The highest BCUT2D eigenvalue weighted by Gasteiger charge is 2.15. The molecule has 152 valence electrons. The van der Waals surface area contributed by atoms with Crippen molar-refractivity contribution in [3.05, 3.63) is 75.1 Å². The Labute approximate surface area is 169 Å². The molecule has 0 fully saturated rings. The van der Waals surface area contributed by atoms with E-state index in [9.17, 15) is 14.7 Å². The van der Waals surface area contributed by atoms with Gasteiger partial charge in [0.15, 0.2) is 6.61 Å². The van der Waals surface area contributed by atoms with Crippen molar-refractivity contribution in [2.45, 2.75) is 33.2 Å². The molecule has 0 bridgehead atoms. The molecule has 1 heterocycles. The number of amides is 1. The minimum Gasteiger partial charge on any atom is -0.483 e. The highest BCUT2D eigenvalue weighted by Crippen LogP contribution is 2.29. The van der Waals surface area contributed by atoms with Crippen LogP contribution in [-0.2, 0) is 11.2 Å². The molecule has 2 aromatic carbocycles. The molecule has 2 N–H and O–H groups in total. The molecule has 29 heavy (non-hydrogen) atoms. The summed E-state index contributed by atoms with van der Waals surface area (Å²) in [6, 6.07) is 12.8. The first kappa shape index (κ1) is 20.6. The highest BCUT2D eigenvalue weighted by atomic mass is 16.5. The van der Waals surface area contributed by atoms with E-state index in [1.54, 1.807) is 19.9 Å². The van der Waals surface area contributed by atoms with Crippen molar-refractivity contribution in [1.29, 1.82) is 0 Å². The lowest BCUT2D eigenvalue weighted by Gasteiger charge is -2.17. The van der Waals surface area contributed by atoms with Gasteiger partial charge in [-0.15, -0.1) is 0 Å². The van der Waals surface area contributed by atoms with Crippen LogP contribution < -0.4 is 15.7 Å². The van der Waals surface area contributed by atoms with Crippen LogP contribution in [0.2, 0.25) is 0 Å². The number of fused-ring (bicyclic) bond motifs is 1. The number of nitrogens with one attached hydrogen (secondary N) is 1. The zero-order chi connectivity index (χ0) is 21.0. The summed E-state index contributed by atoms with van der Waals surface area (Å²) >= 11 is 0. The third-order valence-electron chi connectivity index (χ3n) is 5.09. The summed E-state index contributed by atoms with van der Waals surface area (Å²) in [6.45, 7) is 5.03. The summed E-state index contributed by atoms with van der Waals surface area (Å²) in [5.41, 5.74) is 3.24. The van der Waals surface area contributed by atoms with Gasteiger partial charge in [0.2, 0.25) is 0 Å². The van der Waals surface area contributed by atoms with E-state index >= 15 is 0 Å². The largest absolute Gasteiger partial charge is 0.483 e. The second kappa shape index (κ2) is 8.92. The minimum absolute atomic E-state index is 0.167. The van der Waals surface area contributed by atoms with Crippen molar-refractivity contribution >= 4 is 16.9 Å². The second-order valence-corrected chi connectivity index (χ2v) is 7.13. The fourth-order valence-electron chi connectivity index (χ4n) is 3.25. The number of rotatable bonds is 7. The molecule has 1 atom stereocenters. The molecule has 6 heteroatoms. The predicted octanol–water partition coefficient (Wildman–Crippen LogP) is 2.82. The van der Waals surface area contributed by atoms with Gasteiger partial charge in [-0.2, -0.15) is 0 Å². The van der Waals surface area contributed by atoms with Crippen LogP contribution in [0.4, 0.5) is 0 Å². The van der Waals surface area contributed by atoms with Gasteiger partial charge in [0.1, 0.15) is 11.3 Å². The Hall–Kier alpha value is -3.12. The summed E-state index contributed by atoms with van der Waals surface area (Å²) < 4.78 is 11.1. The maximum absolute atomic E-state index is 12.3. The smallest absolute Gasteiger partial charge is 0.339 e. The van der Waals surface area contributed by atoms with Gasteiger partial charge in [0, 0.05) is 16.5 Å². The molecule has 0 aliphatic carbocycles. The Kier molecular flexibility index (Phi) is 6.34. The van der Waals surface area contributed by atoms with E-state index < -0.39 is 6.04 Å². The molecule has 0 saturated heterocycles. The van der Waals surface area contributed by atoms with Crippen molar-refractivity contribution in [3.63, 3.8) is 0 Å². The van der Waals surface area contributed by atoms with Crippen LogP contribution in [0, 0.1) is 20.8 Å². The average molecular weight is 395 g/mol. The molecule has 3 rings (SSSR count). The zero-order valence-electron chi connectivity index (χ0n) is 16.8. The van der Waals surface area contributed by atoms with Gasteiger partial charge in [-0.3, -0.25) is 4.79 Å².